The zero-order valence-electron chi connectivity index (χ0n) is 25.5. The van der Waals surface area contributed by atoms with Gasteiger partial charge >= 0.3 is 5.97 Å². The molecule has 1 fully saturated rings. The number of ether oxygens (including phenoxy) is 2. The number of thiophene rings is 1. The number of esters is 1. The first-order chi connectivity index (χ1) is 21.4. The van der Waals surface area contributed by atoms with Crippen LogP contribution >= 0.6 is 22.9 Å². The van der Waals surface area contributed by atoms with Gasteiger partial charge < -0.3 is 19.3 Å². The van der Waals surface area contributed by atoms with Crippen LogP contribution in [0.25, 0.3) is 11.1 Å². The van der Waals surface area contributed by atoms with Gasteiger partial charge in [0.1, 0.15) is 23.2 Å². The number of allylic oxidation sites excluding steroid dienone is 1. The Hall–Kier alpha value is -3.44. The molecule has 9 nitrogen and oxygen atoms in total. The fourth-order valence-corrected chi connectivity index (χ4v) is 7.24. The summed E-state index contributed by atoms with van der Waals surface area (Å²) < 4.78 is 15.4. The third-order valence-corrected chi connectivity index (χ3v) is 10.0. The van der Waals surface area contributed by atoms with Gasteiger partial charge in [-0.05, 0) is 44.1 Å². The Bertz CT molecular complexity index is 1620. The summed E-state index contributed by atoms with van der Waals surface area (Å²) in [7, 11) is 1.38. The molecule has 232 valence electrons. The third kappa shape index (κ3) is 6.63. The normalized spacial score (nSPS) is 17.9. The average Bonchev–Trinajstić information content (AvgIpc) is 3.79. The largest absolute Gasteiger partial charge is 0.484 e. The molecule has 1 unspecified atom stereocenters. The highest BCUT2D eigenvalue weighted by atomic mass is 35.5. The zero-order valence-corrected chi connectivity index (χ0v) is 27.1. The molecule has 3 aromatic heterocycles. The van der Waals surface area contributed by atoms with E-state index in [1.54, 1.807) is 0 Å². The molecule has 11 heteroatoms. The molecule has 0 spiro atoms. The fraction of sp³-hybridized carbons (Fsp3) is 0.424. The number of carbonyl (C=O) groups is 1. The van der Waals surface area contributed by atoms with Crippen molar-refractivity contribution < 1.29 is 14.3 Å². The van der Waals surface area contributed by atoms with Gasteiger partial charge in [-0.15, -0.1) is 11.3 Å². The van der Waals surface area contributed by atoms with Crippen molar-refractivity contribution in [3.05, 3.63) is 87.5 Å². The van der Waals surface area contributed by atoms with Gasteiger partial charge in [-0.2, -0.15) is 5.10 Å². The highest BCUT2D eigenvalue weighted by molar-refractivity contribution is 7.16. The van der Waals surface area contributed by atoms with Crippen LogP contribution < -0.4 is 4.74 Å². The van der Waals surface area contributed by atoms with Gasteiger partial charge in [0.2, 0.25) is 0 Å². The first-order valence-electron chi connectivity index (χ1n) is 15.3. The van der Waals surface area contributed by atoms with Gasteiger partial charge in [-0.25, -0.2) is 9.78 Å². The van der Waals surface area contributed by atoms with E-state index in [4.69, 9.17) is 26.1 Å². The van der Waals surface area contributed by atoms with Crippen LogP contribution in [0.15, 0.2) is 55.1 Å². The highest BCUT2D eigenvalue weighted by Gasteiger charge is 2.26. The highest BCUT2D eigenvalue weighted by Crippen LogP contribution is 2.38. The number of likely N-dealkylation sites (N-methyl/N-ethyl adjacent to an activating group) is 1. The van der Waals surface area contributed by atoms with Crippen LogP contribution in [0.3, 0.4) is 0 Å². The molecule has 44 heavy (non-hydrogen) atoms. The van der Waals surface area contributed by atoms with Crippen molar-refractivity contribution >= 4 is 35.0 Å². The van der Waals surface area contributed by atoms with Crippen LogP contribution in [-0.2, 0) is 17.7 Å². The number of piperazine rings is 1. The Balaban J connectivity index is 1.12. The number of halogens is 1. The van der Waals surface area contributed by atoms with E-state index >= 15 is 0 Å². The molecule has 0 N–H and O–H groups in total. The lowest BCUT2D eigenvalue weighted by atomic mass is 9.91. The molecule has 4 aromatic rings. The summed E-state index contributed by atoms with van der Waals surface area (Å²) in [5.41, 5.74) is 4.06. The molecule has 0 radical (unpaired) electrons. The van der Waals surface area contributed by atoms with Crippen LogP contribution in [0.4, 0.5) is 0 Å². The molecule has 2 aliphatic rings. The number of hydrogen-bond donors (Lipinski definition) is 0. The lowest BCUT2D eigenvalue weighted by Crippen LogP contribution is -2.46. The molecule has 4 heterocycles. The second-order valence-electron chi connectivity index (χ2n) is 11.3. The summed E-state index contributed by atoms with van der Waals surface area (Å²) >= 11 is 7.72. The van der Waals surface area contributed by atoms with Crippen molar-refractivity contribution in [2.45, 2.75) is 45.3 Å². The lowest BCUT2D eigenvalue weighted by Gasteiger charge is -2.33. The number of rotatable bonds is 11. The van der Waals surface area contributed by atoms with E-state index in [9.17, 15) is 4.79 Å². The number of hydrogen-bond acceptors (Lipinski definition) is 8. The standard InChI is InChI=1S/C33H39ClN6O3S/c1-4-37-14-16-38(17-15-37)12-7-13-39-21-25(20-36-39)24-10-11-29-28(18-24)35-22-40(29)31-19-30(32(44-31)33(41)42-3)43-23(2)26-8-5-6-9-27(26)34/h5-6,8-11,19-24H,4,7,12-18H2,1-3H3/t23-,24?/m1/s1. The van der Waals surface area contributed by atoms with Crippen molar-refractivity contribution in [2.75, 3.05) is 46.4 Å². The molecule has 1 aliphatic carbocycles. The monoisotopic (exact) mass is 634 g/mol. The minimum absolute atomic E-state index is 0.214. The Morgan fingerprint density at radius 1 is 1.16 bits per heavy atom. The Morgan fingerprint density at radius 2 is 1.95 bits per heavy atom. The van der Waals surface area contributed by atoms with Gasteiger partial charge in [0.15, 0.2) is 4.88 Å². The molecule has 0 saturated carbocycles. The Morgan fingerprint density at radius 3 is 2.73 bits per heavy atom. The molecule has 1 aromatic carbocycles. The third-order valence-electron chi connectivity index (χ3n) is 8.58. The second-order valence-corrected chi connectivity index (χ2v) is 12.8. The predicted octanol–water partition coefficient (Wildman–Crippen LogP) is 6.09. The summed E-state index contributed by atoms with van der Waals surface area (Å²) in [6.07, 6.45) is 11.8. The van der Waals surface area contributed by atoms with E-state index in [0.717, 1.165) is 67.5 Å². The van der Waals surface area contributed by atoms with E-state index in [-0.39, 0.29) is 12.0 Å². The summed E-state index contributed by atoms with van der Waals surface area (Å²) in [6.45, 7) is 12.0. The Kier molecular flexibility index (Phi) is 9.51. The maximum absolute atomic E-state index is 12.7. The summed E-state index contributed by atoms with van der Waals surface area (Å²) in [6, 6.07) is 9.42. The van der Waals surface area contributed by atoms with Crippen LogP contribution in [0.5, 0.6) is 5.75 Å². The number of methoxy groups -OCH3 is 1. The first kappa shape index (κ1) is 30.6. The first-order valence-corrected chi connectivity index (χ1v) is 16.5. The number of carbonyl (C=O) groups excluding carboxylic acids is 1. The van der Waals surface area contributed by atoms with Crippen molar-refractivity contribution in [1.82, 2.24) is 29.1 Å². The number of imidazole rings is 1. The molecular formula is C33H39ClN6O3S. The molecule has 6 rings (SSSR count). The van der Waals surface area contributed by atoms with Gasteiger partial charge in [-0.3, -0.25) is 9.25 Å². The molecular weight excluding hydrogens is 596 g/mol. The van der Waals surface area contributed by atoms with Crippen LogP contribution in [0, 0.1) is 0 Å². The molecule has 1 aliphatic heterocycles. The van der Waals surface area contributed by atoms with Crippen LogP contribution in [0.1, 0.15) is 64.5 Å². The summed E-state index contributed by atoms with van der Waals surface area (Å²) in [5, 5.41) is 6.10. The minimum Gasteiger partial charge on any atom is -0.484 e. The number of benzene rings is 1. The van der Waals surface area contributed by atoms with Gasteiger partial charge in [0.05, 0.1) is 24.7 Å². The van der Waals surface area contributed by atoms with E-state index < -0.39 is 5.97 Å². The predicted molar refractivity (Wildman–Crippen MR) is 174 cm³/mol. The summed E-state index contributed by atoms with van der Waals surface area (Å²) in [4.78, 5) is 22.9. The second kappa shape index (κ2) is 13.7. The summed E-state index contributed by atoms with van der Waals surface area (Å²) in [5.74, 6) is 0.231. The molecule has 0 bridgehead atoms. The van der Waals surface area contributed by atoms with Gasteiger partial charge in [0, 0.05) is 67.9 Å². The van der Waals surface area contributed by atoms with Gasteiger partial charge in [0.25, 0.3) is 0 Å². The van der Waals surface area contributed by atoms with E-state index in [2.05, 4.69) is 44.9 Å². The average molecular weight is 635 g/mol. The van der Waals surface area contributed by atoms with Crippen LogP contribution in [-0.4, -0.2) is 81.5 Å². The van der Waals surface area contributed by atoms with Crippen molar-refractivity contribution in [3.8, 4) is 10.8 Å². The van der Waals surface area contributed by atoms with Crippen molar-refractivity contribution in [2.24, 2.45) is 0 Å². The maximum atomic E-state index is 12.7. The molecule has 2 atom stereocenters. The van der Waals surface area contributed by atoms with E-state index in [1.165, 1.54) is 37.1 Å². The topological polar surface area (TPSA) is 77.7 Å². The number of nitrogens with zero attached hydrogens (tertiary/aromatic N) is 6. The smallest absolute Gasteiger partial charge is 0.351 e. The van der Waals surface area contributed by atoms with Crippen LogP contribution in [0.2, 0.25) is 5.02 Å². The van der Waals surface area contributed by atoms with E-state index in [0.29, 0.717) is 15.6 Å². The van der Waals surface area contributed by atoms with E-state index in [1.807, 2.05) is 54.3 Å². The number of aryl methyl sites for hydroxylation is 1. The molecule has 1 saturated heterocycles. The fourth-order valence-electron chi connectivity index (χ4n) is 5.96. The SMILES string of the molecule is CCN1CCN(CCCn2cc(C3C=Cc4c(ncn4-c4cc(O[C@H](C)c5ccccc5Cl)c(C(=O)OC)s4)C3)cn2)CC1. The maximum Gasteiger partial charge on any atom is 0.351 e. The Labute approximate surface area is 267 Å². The number of aromatic nitrogens is 4. The lowest BCUT2D eigenvalue weighted by molar-refractivity contribution is 0.0600. The number of fused-ring (bicyclic) bond motifs is 1. The minimum atomic E-state index is -0.441. The quantitative estimate of drug-likeness (QED) is 0.185. The molecule has 0 amide bonds. The van der Waals surface area contributed by atoms with Gasteiger partial charge in [-0.1, -0.05) is 42.8 Å². The van der Waals surface area contributed by atoms with Crippen molar-refractivity contribution in [1.29, 1.82) is 0 Å². The zero-order chi connectivity index (χ0) is 30.6. The van der Waals surface area contributed by atoms with Crippen molar-refractivity contribution in [3.63, 3.8) is 0 Å².